The predicted molar refractivity (Wildman–Crippen MR) is 109 cm³/mol. The normalized spacial score (nSPS) is 10.9. The molecule has 0 spiro atoms. The SMILES string of the molecule is O=C(CCc1nc(CSc2n[nH]c(-c3cccc(F)c3)n2)no1)Nc1ccccc1F. The summed E-state index contributed by atoms with van der Waals surface area (Å²) >= 11 is 1.28. The van der Waals surface area contributed by atoms with Crippen molar-refractivity contribution in [2.45, 2.75) is 23.8 Å². The second kappa shape index (κ2) is 9.47. The lowest BCUT2D eigenvalue weighted by Crippen LogP contribution is -2.13. The van der Waals surface area contributed by atoms with Crippen LogP contribution >= 0.6 is 11.8 Å². The first kappa shape index (κ1) is 20.7. The van der Waals surface area contributed by atoms with Gasteiger partial charge in [-0.25, -0.2) is 13.8 Å². The van der Waals surface area contributed by atoms with Crippen molar-refractivity contribution in [3.8, 4) is 11.4 Å². The summed E-state index contributed by atoms with van der Waals surface area (Å²) in [6.45, 7) is 0. The van der Waals surface area contributed by atoms with Gasteiger partial charge in [0.05, 0.1) is 11.4 Å². The highest BCUT2D eigenvalue weighted by atomic mass is 32.2. The maximum Gasteiger partial charge on any atom is 0.227 e. The first-order chi connectivity index (χ1) is 15.1. The molecule has 8 nitrogen and oxygen atoms in total. The summed E-state index contributed by atoms with van der Waals surface area (Å²) in [6.07, 6.45) is 0.295. The molecule has 0 saturated heterocycles. The Balaban J connectivity index is 1.27. The molecule has 4 rings (SSSR count). The number of hydrogen-bond donors (Lipinski definition) is 2. The fourth-order valence-electron chi connectivity index (χ4n) is 2.65. The van der Waals surface area contributed by atoms with Gasteiger partial charge >= 0.3 is 0 Å². The topological polar surface area (TPSA) is 110 Å². The Morgan fingerprint density at radius 3 is 2.84 bits per heavy atom. The number of para-hydroxylation sites is 1. The van der Waals surface area contributed by atoms with Gasteiger partial charge in [0.15, 0.2) is 11.6 Å². The van der Waals surface area contributed by atoms with E-state index in [2.05, 4.69) is 30.6 Å². The first-order valence-corrected chi connectivity index (χ1v) is 10.2. The van der Waals surface area contributed by atoms with Crippen LogP contribution in [0.2, 0.25) is 0 Å². The number of aromatic nitrogens is 5. The van der Waals surface area contributed by atoms with Crippen molar-refractivity contribution in [2.75, 3.05) is 5.32 Å². The predicted octanol–water partition coefficient (Wildman–Crippen LogP) is 4.00. The fourth-order valence-corrected chi connectivity index (χ4v) is 3.29. The highest BCUT2D eigenvalue weighted by Crippen LogP contribution is 2.22. The van der Waals surface area contributed by atoms with Crippen LogP contribution in [0.5, 0.6) is 0 Å². The van der Waals surface area contributed by atoms with Crippen molar-refractivity contribution >= 4 is 23.4 Å². The van der Waals surface area contributed by atoms with Gasteiger partial charge in [0.2, 0.25) is 17.0 Å². The lowest BCUT2D eigenvalue weighted by molar-refractivity contribution is -0.116. The van der Waals surface area contributed by atoms with Gasteiger partial charge in [-0.3, -0.25) is 9.89 Å². The van der Waals surface area contributed by atoms with Crippen molar-refractivity contribution < 1.29 is 18.1 Å². The summed E-state index contributed by atoms with van der Waals surface area (Å²) < 4.78 is 32.1. The molecule has 2 heterocycles. The van der Waals surface area contributed by atoms with E-state index < -0.39 is 5.82 Å². The van der Waals surface area contributed by atoms with Crippen LogP contribution < -0.4 is 5.32 Å². The summed E-state index contributed by atoms with van der Waals surface area (Å²) in [5.74, 6) is 0.319. The molecule has 0 fully saturated rings. The van der Waals surface area contributed by atoms with E-state index >= 15 is 0 Å². The third kappa shape index (κ3) is 5.51. The van der Waals surface area contributed by atoms with Crippen LogP contribution in [0.3, 0.4) is 0 Å². The van der Waals surface area contributed by atoms with Crippen LogP contribution in [0.15, 0.2) is 58.2 Å². The quantitative estimate of drug-likeness (QED) is 0.397. The zero-order valence-electron chi connectivity index (χ0n) is 16.0. The average molecular weight is 442 g/mol. The molecule has 0 aliphatic heterocycles. The molecule has 0 aliphatic carbocycles. The largest absolute Gasteiger partial charge is 0.339 e. The molecule has 158 valence electrons. The number of amides is 1. The van der Waals surface area contributed by atoms with Crippen LogP contribution in [0.1, 0.15) is 18.1 Å². The van der Waals surface area contributed by atoms with Gasteiger partial charge in [-0.05, 0) is 24.3 Å². The van der Waals surface area contributed by atoms with Crippen molar-refractivity contribution in [3.05, 3.63) is 71.9 Å². The van der Waals surface area contributed by atoms with Gasteiger partial charge < -0.3 is 9.84 Å². The molecule has 0 bridgehead atoms. The molecule has 0 unspecified atom stereocenters. The Hall–Kier alpha value is -3.60. The van der Waals surface area contributed by atoms with Crippen LogP contribution in [0, 0.1) is 11.6 Å². The second-order valence-corrected chi connectivity index (χ2v) is 7.34. The number of nitrogens with zero attached hydrogens (tertiary/aromatic N) is 4. The molecule has 0 aliphatic rings. The average Bonchev–Trinajstić information content (AvgIpc) is 3.42. The molecule has 0 saturated carbocycles. The Morgan fingerprint density at radius 2 is 2.00 bits per heavy atom. The molecule has 31 heavy (non-hydrogen) atoms. The summed E-state index contributed by atoms with van der Waals surface area (Å²) in [5, 5.41) is 13.7. The van der Waals surface area contributed by atoms with Crippen molar-refractivity contribution in [3.63, 3.8) is 0 Å². The van der Waals surface area contributed by atoms with E-state index in [1.54, 1.807) is 24.3 Å². The van der Waals surface area contributed by atoms with Crippen LogP contribution in [-0.2, 0) is 17.0 Å². The van der Waals surface area contributed by atoms with Crippen molar-refractivity contribution in [1.29, 1.82) is 0 Å². The fraction of sp³-hybridized carbons (Fsp3) is 0.150. The Kier molecular flexibility index (Phi) is 6.32. The number of halogens is 2. The number of carbonyl (C=O) groups is 1. The van der Waals surface area contributed by atoms with E-state index in [0.29, 0.717) is 34.0 Å². The van der Waals surface area contributed by atoms with E-state index in [4.69, 9.17) is 4.52 Å². The monoisotopic (exact) mass is 442 g/mol. The van der Waals surface area contributed by atoms with Gasteiger partial charge in [0.1, 0.15) is 11.6 Å². The number of thioether (sulfide) groups is 1. The molecule has 11 heteroatoms. The zero-order valence-corrected chi connectivity index (χ0v) is 16.8. The Bertz CT molecular complexity index is 1200. The van der Waals surface area contributed by atoms with Crippen LogP contribution in [-0.4, -0.2) is 31.2 Å². The van der Waals surface area contributed by atoms with Crippen LogP contribution in [0.4, 0.5) is 14.5 Å². The molecule has 0 atom stereocenters. The second-order valence-electron chi connectivity index (χ2n) is 6.40. The number of H-pyrrole nitrogens is 1. The molecule has 2 aromatic heterocycles. The Labute approximate surface area is 179 Å². The number of benzene rings is 2. The molecule has 0 radical (unpaired) electrons. The summed E-state index contributed by atoms with van der Waals surface area (Å²) in [6, 6.07) is 12.0. The highest BCUT2D eigenvalue weighted by Gasteiger charge is 2.13. The van der Waals surface area contributed by atoms with E-state index in [9.17, 15) is 13.6 Å². The summed E-state index contributed by atoms with van der Waals surface area (Å²) in [7, 11) is 0. The minimum absolute atomic E-state index is 0.0705. The molecule has 1 amide bonds. The lowest BCUT2D eigenvalue weighted by atomic mass is 10.2. The maximum absolute atomic E-state index is 13.6. The number of rotatable bonds is 8. The minimum atomic E-state index is -0.500. The third-order valence-corrected chi connectivity index (χ3v) is 4.96. The van der Waals surface area contributed by atoms with E-state index in [1.165, 1.54) is 36.0 Å². The number of aryl methyl sites for hydroxylation is 1. The van der Waals surface area contributed by atoms with Gasteiger partial charge in [-0.1, -0.05) is 41.2 Å². The zero-order chi connectivity index (χ0) is 21.6. The highest BCUT2D eigenvalue weighted by molar-refractivity contribution is 7.98. The van der Waals surface area contributed by atoms with Crippen LogP contribution in [0.25, 0.3) is 11.4 Å². The number of carbonyl (C=O) groups excluding carboxylic acids is 1. The smallest absolute Gasteiger partial charge is 0.227 e. The van der Waals surface area contributed by atoms with E-state index in [0.717, 1.165) is 0 Å². The van der Waals surface area contributed by atoms with Crippen molar-refractivity contribution in [2.24, 2.45) is 0 Å². The first-order valence-electron chi connectivity index (χ1n) is 9.24. The molecule has 2 N–H and O–H groups in total. The Morgan fingerprint density at radius 1 is 1.13 bits per heavy atom. The number of hydrogen-bond acceptors (Lipinski definition) is 7. The number of anilines is 1. The van der Waals surface area contributed by atoms with Gasteiger partial charge in [-0.15, -0.1) is 5.10 Å². The molecular formula is C20H16F2N6O2S. The standard InChI is InChI=1S/C20H16F2N6O2S/c21-13-5-3-4-12(10-13)19-25-20(27-26-19)31-11-16-24-18(30-28-16)9-8-17(29)23-15-7-2-1-6-14(15)22/h1-7,10H,8-9,11H2,(H,23,29)(H,25,26,27). The minimum Gasteiger partial charge on any atom is -0.339 e. The number of nitrogens with one attached hydrogen (secondary N) is 2. The summed E-state index contributed by atoms with van der Waals surface area (Å²) in [5.41, 5.74) is 0.717. The maximum atomic E-state index is 13.6. The molecule has 4 aromatic rings. The van der Waals surface area contributed by atoms with E-state index in [-0.39, 0.29) is 30.3 Å². The lowest BCUT2D eigenvalue weighted by Gasteiger charge is -2.04. The van der Waals surface area contributed by atoms with E-state index in [1.807, 2.05) is 0 Å². The third-order valence-electron chi connectivity index (χ3n) is 4.12. The van der Waals surface area contributed by atoms with Gasteiger partial charge in [0, 0.05) is 18.4 Å². The number of aromatic amines is 1. The van der Waals surface area contributed by atoms with Gasteiger partial charge in [-0.2, -0.15) is 4.98 Å². The van der Waals surface area contributed by atoms with Gasteiger partial charge in [0.25, 0.3) is 0 Å². The van der Waals surface area contributed by atoms with Crippen molar-refractivity contribution in [1.82, 2.24) is 25.3 Å². The summed E-state index contributed by atoms with van der Waals surface area (Å²) in [4.78, 5) is 20.5. The molecular weight excluding hydrogens is 426 g/mol. The molecule has 2 aromatic carbocycles.